The Morgan fingerprint density at radius 2 is 1.79 bits per heavy atom. The quantitative estimate of drug-likeness (QED) is 0.265. The van der Waals surface area contributed by atoms with Crippen molar-refractivity contribution in [2.24, 2.45) is 0 Å². The number of hydrogen-bond donors (Lipinski definition) is 1. The summed E-state index contributed by atoms with van der Waals surface area (Å²) in [6, 6.07) is 11.5. The second-order valence-electron chi connectivity index (χ2n) is 9.49. The Morgan fingerprint density at radius 3 is 2.31 bits per heavy atom. The third-order valence-electron chi connectivity index (χ3n) is 5.32. The molecule has 0 radical (unpaired) electrons. The first-order chi connectivity index (χ1) is 18.1. The molecule has 0 saturated carbocycles. The molecule has 0 bridgehead atoms. The van der Waals surface area contributed by atoms with Crippen molar-refractivity contribution in [3.05, 3.63) is 58.0 Å². The minimum Gasteiger partial charge on any atom is -0.744 e. The first-order valence-corrected chi connectivity index (χ1v) is 16.1. The molecule has 210 valence electrons. The number of carbonyl (C=O) groups excluding carboxylic acids is 2. The van der Waals surface area contributed by atoms with Crippen LogP contribution in [0.1, 0.15) is 33.3 Å². The van der Waals surface area contributed by atoms with Crippen LogP contribution in [0.4, 0.5) is 16.2 Å². The van der Waals surface area contributed by atoms with E-state index in [0.29, 0.717) is 12.2 Å². The van der Waals surface area contributed by atoms with Gasteiger partial charge in [0.25, 0.3) is 4.38 Å². The molecule has 0 aromatic heterocycles. The van der Waals surface area contributed by atoms with Gasteiger partial charge in [0.15, 0.2) is 11.4 Å². The van der Waals surface area contributed by atoms with E-state index in [0.717, 1.165) is 30.5 Å². The third-order valence-corrected chi connectivity index (χ3v) is 9.81. The number of amides is 2. The number of aryl methyl sites for hydroxylation is 1. The number of nitrogens with one attached hydrogen (secondary N) is 1. The van der Waals surface area contributed by atoms with Crippen molar-refractivity contribution in [1.29, 1.82) is 0 Å². The van der Waals surface area contributed by atoms with Gasteiger partial charge in [0, 0.05) is 29.4 Å². The maximum Gasteiger partial charge on any atom is 0.430 e. The van der Waals surface area contributed by atoms with E-state index in [1.54, 1.807) is 35.7 Å². The van der Waals surface area contributed by atoms with E-state index in [4.69, 9.17) is 4.74 Å². The Hall–Kier alpha value is -2.45. The molecular weight excluding hydrogens is 579 g/mol. The smallest absolute Gasteiger partial charge is 0.430 e. The van der Waals surface area contributed by atoms with Crippen LogP contribution < -0.4 is 10.2 Å². The molecule has 2 aliphatic rings. The minimum atomic E-state index is -4.27. The second kappa shape index (κ2) is 12.4. The Bertz CT molecular complexity index is 1450. The zero-order chi connectivity index (χ0) is 29.1. The van der Waals surface area contributed by atoms with Gasteiger partial charge >= 0.3 is 12.0 Å². The summed E-state index contributed by atoms with van der Waals surface area (Å²) in [6.07, 6.45) is 1.50. The van der Waals surface area contributed by atoms with E-state index in [1.807, 2.05) is 75.6 Å². The van der Waals surface area contributed by atoms with Crippen LogP contribution in [0.15, 0.2) is 62.2 Å². The van der Waals surface area contributed by atoms with Gasteiger partial charge in [-0.25, -0.2) is 18.0 Å². The average molecular weight is 610 g/mol. The highest BCUT2D eigenvalue weighted by molar-refractivity contribution is 8.40. The van der Waals surface area contributed by atoms with Gasteiger partial charge in [0.2, 0.25) is 0 Å². The molecule has 2 aromatic carbocycles. The number of likely N-dealkylation sites (N-methyl/N-ethyl adjacent to an activating group) is 1. The van der Waals surface area contributed by atoms with Gasteiger partial charge in [-0.05, 0) is 71.2 Å². The molecule has 9 nitrogen and oxygen atoms in total. The van der Waals surface area contributed by atoms with E-state index in [1.165, 1.54) is 23.9 Å². The van der Waals surface area contributed by atoms with E-state index >= 15 is 0 Å². The standard InChI is InChI=1S/C19H23N3O3S3.C7H8O3S/c1-7-22-15(23)14(28-18(22)26-6)16-21(5)12-9-8-11(10-13(12)27-16)20-17(24)25-19(2,3)4;1-6-2-4-7(5-3-6)11(8,9)10/h8-10H,7H2,1-6H3;2-5H,1H3,(H,8,9,10)/b16-14+;. The lowest BCUT2D eigenvalue weighted by molar-refractivity contribution is -0.433. The summed E-state index contributed by atoms with van der Waals surface area (Å²) >= 11 is 4.67. The summed E-state index contributed by atoms with van der Waals surface area (Å²) in [6.45, 7) is 9.94. The van der Waals surface area contributed by atoms with Crippen molar-refractivity contribution in [2.45, 2.75) is 50.0 Å². The molecule has 39 heavy (non-hydrogen) atoms. The molecule has 0 spiro atoms. The Morgan fingerprint density at radius 1 is 1.15 bits per heavy atom. The van der Waals surface area contributed by atoms with Gasteiger partial charge in [-0.3, -0.25) is 5.32 Å². The zero-order valence-electron chi connectivity index (χ0n) is 22.7. The summed E-state index contributed by atoms with van der Waals surface area (Å²) < 4.78 is 39.3. The molecule has 2 amide bonds. The lowest BCUT2D eigenvalue weighted by atomic mass is 10.2. The van der Waals surface area contributed by atoms with Crippen molar-refractivity contribution in [1.82, 2.24) is 0 Å². The topological polar surface area (TPSA) is 119 Å². The summed E-state index contributed by atoms with van der Waals surface area (Å²) in [5.41, 5.74) is 2.05. The minimum absolute atomic E-state index is 0.0473. The number of nitrogens with zero attached hydrogens (tertiary/aromatic N) is 2. The molecule has 0 unspecified atom stereocenters. The summed E-state index contributed by atoms with van der Waals surface area (Å²) in [5, 5.41) is 3.69. The van der Waals surface area contributed by atoms with Gasteiger partial charge in [-0.2, -0.15) is 0 Å². The van der Waals surface area contributed by atoms with Crippen LogP contribution in [-0.2, 0) is 19.6 Å². The molecule has 13 heteroatoms. The predicted octanol–water partition coefficient (Wildman–Crippen LogP) is 5.67. The first kappa shape index (κ1) is 31.1. The zero-order valence-corrected chi connectivity index (χ0v) is 26.0. The number of rotatable bonds is 3. The summed E-state index contributed by atoms with van der Waals surface area (Å²) in [7, 11) is -2.31. The molecule has 2 heterocycles. The second-order valence-corrected chi connectivity index (χ2v) is 14.0. The van der Waals surface area contributed by atoms with Crippen LogP contribution in [0.25, 0.3) is 0 Å². The maximum absolute atomic E-state index is 12.8. The molecule has 2 aliphatic heterocycles. The molecule has 0 fully saturated rings. The lowest BCUT2D eigenvalue weighted by Gasteiger charge is -2.20. The van der Waals surface area contributed by atoms with Crippen molar-refractivity contribution >= 4 is 73.2 Å². The molecule has 4 rings (SSSR count). The van der Waals surface area contributed by atoms with Gasteiger partial charge in [0.05, 0.1) is 10.6 Å². The first-order valence-electron chi connectivity index (χ1n) is 11.9. The van der Waals surface area contributed by atoms with Gasteiger partial charge < -0.3 is 14.2 Å². The van der Waals surface area contributed by atoms with Gasteiger partial charge in [0.1, 0.15) is 20.7 Å². The fourth-order valence-corrected chi connectivity index (χ4v) is 7.28. The number of benzene rings is 2. The highest BCUT2D eigenvalue weighted by atomic mass is 32.2. The molecule has 2 aromatic rings. The van der Waals surface area contributed by atoms with Crippen molar-refractivity contribution < 1.29 is 31.9 Å². The van der Waals surface area contributed by atoms with Crippen molar-refractivity contribution in [3.63, 3.8) is 0 Å². The Labute approximate surface area is 242 Å². The van der Waals surface area contributed by atoms with Gasteiger partial charge in [-0.1, -0.05) is 41.2 Å². The number of fused-ring (bicyclic) bond motifs is 1. The Kier molecular flexibility index (Phi) is 9.87. The van der Waals surface area contributed by atoms with Crippen molar-refractivity contribution in [3.8, 4) is 0 Å². The largest absolute Gasteiger partial charge is 0.744 e. The fourth-order valence-electron chi connectivity index (χ4n) is 3.51. The van der Waals surface area contributed by atoms with Crippen LogP contribution in [0.2, 0.25) is 0 Å². The number of ether oxygens (including phenoxy) is 1. The SMILES string of the molecule is CC[N+]1=C(SC)S/C(=C2/Sc3cc(NC(=O)OC(C)(C)C)ccc3N2C)C1=O.Cc1ccc(S(=O)(=O)[O-])cc1. The van der Waals surface area contributed by atoms with E-state index in [-0.39, 0.29) is 10.8 Å². The van der Waals surface area contributed by atoms with E-state index < -0.39 is 21.8 Å². The van der Waals surface area contributed by atoms with Crippen LogP contribution in [0, 0.1) is 6.92 Å². The third kappa shape index (κ3) is 7.82. The number of hydrogen-bond acceptors (Lipinski definition) is 10. The number of carbonyl (C=O) groups is 2. The van der Waals surface area contributed by atoms with E-state index in [9.17, 15) is 22.6 Å². The number of thioether (sulfide) groups is 3. The van der Waals surface area contributed by atoms with Crippen molar-refractivity contribution in [2.75, 3.05) is 30.1 Å². The molecule has 1 N–H and O–H groups in total. The van der Waals surface area contributed by atoms with Gasteiger partial charge in [-0.15, -0.1) is 4.58 Å². The highest BCUT2D eigenvalue weighted by Gasteiger charge is 2.42. The monoisotopic (exact) mass is 609 g/mol. The van der Waals surface area contributed by atoms with Crippen LogP contribution in [0.3, 0.4) is 0 Å². The predicted molar refractivity (Wildman–Crippen MR) is 159 cm³/mol. The summed E-state index contributed by atoms with van der Waals surface area (Å²) in [5.74, 6) is 0.0473. The summed E-state index contributed by atoms with van der Waals surface area (Å²) in [4.78, 5) is 28.5. The van der Waals surface area contributed by atoms with E-state index in [2.05, 4.69) is 5.32 Å². The van der Waals surface area contributed by atoms with Crippen LogP contribution in [0.5, 0.6) is 0 Å². The fraction of sp³-hybridized carbons (Fsp3) is 0.346. The average Bonchev–Trinajstić information content (AvgIpc) is 3.33. The highest BCUT2D eigenvalue weighted by Crippen LogP contribution is 2.50. The molecule has 0 atom stereocenters. The van der Waals surface area contributed by atoms with Crippen LogP contribution in [-0.4, -0.2) is 59.4 Å². The maximum atomic E-state index is 12.8. The number of anilines is 2. The van der Waals surface area contributed by atoms with Crippen LogP contribution >= 0.6 is 35.3 Å². The molecular formula is C26H31N3O6S4. The lowest BCUT2D eigenvalue weighted by Crippen LogP contribution is -2.27. The molecule has 0 saturated heterocycles. The molecule has 0 aliphatic carbocycles. The normalized spacial score (nSPS) is 17.1. The Balaban J connectivity index is 0.000000320.